The largest absolute Gasteiger partial charge is 0.461 e. The summed E-state index contributed by atoms with van der Waals surface area (Å²) in [6, 6.07) is 10.9. The van der Waals surface area contributed by atoms with Crippen molar-refractivity contribution in [1.82, 2.24) is 15.0 Å². The molecule has 0 atom stereocenters. The van der Waals surface area contributed by atoms with Gasteiger partial charge < -0.3 is 13.8 Å². The number of hydrogen-bond donors (Lipinski definition) is 0. The normalized spacial score (nSPS) is 14.8. The minimum absolute atomic E-state index is 0.0499. The summed E-state index contributed by atoms with van der Waals surface area (Å²) >= 11 is 6.07. The molecule has 4 rings (SSSR count). The molecule has 7 heteroatoms. The van der Waals surface area contributed by atoms with Crippen LogP contribution in [0.2, 0.25) is 5.02 Å². The van der Waals surface area contributed by atoms with E-state index < -0.39 is 0 Å². The Kier molecular flexibility index (Phi) is 4.11. The number of amides is 1. The Morgan fingerprint density at radius 2 is 2.08 bits per heavy atom. The molecule has 1 aliphatic rings. The van der Waals surface area contributed by atoms with Crippen LogP contribution in [0.3, 0.4) is 0 Å². The maximum Gasteiger partial charge on any atom is 0.246 e. The predicted octanol–water partition coefficient (Wildman–Crippen LogP) is 3.62. The fourth-order valence-electron chi connectivity index (χ4n) is 2.60. The van der Waals surface area contributed by atoms with Gasteiger partial charge in [-0.15, -0.1) is 0 Å². The third kappa shape index (κ3) is 3.21. The molecule has 25 heavy (non-hydrogen) atoms. The van der Waals surface area contributed by atoms with Crippen LogP contribution >= 0.6 is 11.6 Å². The monoisotopic (exact) mass is 355 g/mol. The van der Waals surface area contributed by atoms with Gasteiger partial charge in [-0.05, 0) is 29.8 Å². The Bertz CT molecular complexity index is 911. The first-order valence-electron chi connectivity index (χ1n) is 7.80. The lowest BCUT2D eigenvalue weighted by Gasteiger charge is -2.36. The average molecular weight is 356 g/mol. The van der Waals surface area contributed by atoms with Gasteiger partial charge in [0, 0.05) is 24.2 Å². The topological polar surface area (TPSA) is 72.4 Å². The lowest BCUT2D eigenvalue weighted by molar-refractivity contribution is -0.130. The number of carbonyl (C=O) groups is 1. The van der Waals surface area contributed by atoms with Crippen molar-refractivity contribution in [3.8, 4) is 11.6 Å². The Labute approximate surface area is 148 Å². The van der Waals surface area contributed by atoms with Crippen molar-refractivity contribution < 1.29 is 13.7 Å². The van der Waals surface area contributed by atoms with Crippen molar-refractivity contribution in [2.24, 2.45) is 0 Å². The van der Waals surface area contributed by atoms with Crippen LogP contribution in [0, 0.1) is 0 Å². The maximum atomic E-state index is 12.2. The molecule has 6 nitrogen and oxygen atoms in total. The van der Waals surface area contributed by atoms with Crippen molar-refractivity contribution in [3.05, 3.63) is 65.2 Å². The van der Waals surface area contributed by atoms with Gasteiger partial charge in [0.05, 0.1) is 12.2 Å². The Morgan fingerprint density at radius 1 is 1.24 bits per heavy atom. The zero-order valence-corrected chi connectivity index (χ0v) is 13.9. The van der Waals surface area contributed by atoms with Crippen molar-refractivity contribution in [1.29, 1.82) is 0 Å². The Balaban J connectivity index is 1.36. The molecule has 0 N–H and O–H groups in total. The van der Waals surface area contributed by atoms with Crippen molar-refractivity contribution in [2.75, 3.05) is 13.1 Å². The van der Waals surface area contributed by atoms with Crippen LogP contribution in [-0.2, 0) is 4.79 Å². The Morgan fingerprint density at radius 3 is 2.84 bits per heavy atom. The van der Waals surface area contributed by atoms with Gasteiger partial charge in [-0.25, -0.2) is 0 Å². The van der Waals surface area contributed by atoms with E-state index in [9.17, 15) is 4.79 Å². The number of hydrogen-bond acceptors (Lipinski definition) is 5. The SMILES string of the molecule is O=C(/C=C/c1ccccc1Cl)N1CC(c2nc(-c3ccco3)no2)C1. The fraction of sp³-hybridized carbons (Fsp3) is 0.167. The van der Waals surface area contributed by atoms with Gasteiger partial charge >= 0.3 is 0 Å². The van der Waals surface area contributed by atoms with E-state index >= 15 is 0 Å². The van der Waals surface area contributed by atoms with Crippen LogP contribution in [-0.4, -0.2) is 34.0 Å². The summed E-state index contributed by atoms with van der Waals surface area (Å²) in [4.78, 5) is 18.2. The molecule has 0 unspecified atom stereocenters. The van der Waals surface area contributed by atoms with E-state index in [-0.39, 0.29) is 11.8 Å². The highest BCUT2D eigenvalue weighted by Gasteiger charge is 2.35. The van der Waals surface area contributed by atoms with Crippen molar-refractivity contribution >= 4 is 23.6 Å². The quantitative estimate of drug-likeness (QED) is 0.668. The average Bonchev–Trinajstić information content (AvgIpc) is 3.24. The molecule has 0 radical (unpaired) electrons. The van der Waals surface area contributed by atoms with Crippen LogP contribution in [0.4, 0.5) is 0 Å². The summed E-state index contributed by atoms with van der Waals surface area (Å²) in [7, 11) is 0. The second kappa shape index (κ2) is 6.57. The van der Waals surface area contributed by atoms with E-state index in [0.29, 0.717) is 35.6 Å². The molecule has 1 aliphatic heterocycles. The van der Waals surface area contributed by atoms with Crippen LogP contribution in [0.15, 0.2) is 57.7 Å². The first kappa shape index (κ1) is 15.7. The zero-order chi connectivity index (χ0) is 17.2. The van der Waals surface area contributed by atoms with E-state index in [2.05, 4.69) is 10.1 Å². The molecule has 0 spiro atoms. The minimum atomic E-state index is -0.0676. The highest BCUT2D eigenvalue weighted by molar-refractivity contribution is 6.32. The van der Waals surface area contributed by atoms with Crippen LogP contribution in [0.1, 0.15) is 17.4 Å². The molecular formula is C18H14ClN3O3. The number of benzene rings is 1. The third-order valence-electron chi connectivity index (χ3n) is 4.04. The first-order chi connectivity index (χ1) is 12.2. The molecule has 0 saturated carbocycles. The van der Waals surface area contributed by atoms with E-state index in [1.54, 1.807) is 35.4 Å². The number of nitrogens with zero attached hydrogens (tertiary/aromatic N) is 3. The van der Waals surface area contributed by atoms with E-state index in [1.807, 2.05) is 18.2 Å². The van der Waals surface area contributed by atoms with E-state index in [0.717, 1.165) is 5.56 Å². The first-order valence-corrected chi connectivity index (χ1v) is 8.17. The number of rotatable bonds is 4. The molecule has 126 valence electrons. The summed E-state index contributed by atoms with van der Waals surface area (Å²) in [5.74, 6) is 1.48. The van der Waals surface area contributed by atoms with E-state index in [1.165, 1.54) is 6.08 Å². The number of furan rings is 1. The van der Waals surface area contributed by atoms with Gasteiger partial charge in [-0.2, -0.15) is 4.98 Å². The molecule has 2 aromatic heterocycles. The molecular weight excluding hydrogens is 342 g/mol. The minimum Gasteiger partial charge on any atom is -0.461 e. The summed E-state index contributed by atoms with van der Waals surface area (Å²) in [5, 5.41) is 4.52. The third-order valence-corrected chi connectivity index (χ3v) is 4.38. The van der Waals surface area contributed by atoms with Crippen LogP contribution in [0.5, 0.6) is 0 Å². The summed E-state index contributed by atoms with van der Waals surface area (Å²) in [6.07, 6.45) is 4.81. The van der Waals surface area contributed by atoms with Gasteiger partial charge in [-0.1, -0.05) is 35.0 Å². The summed E-state index contributed by atoms with van der Waals surface area (Å²) in [6.45, 7) is 1.09. The lowest BCUT2D eigenvalue weighted by Crippen LogP contribution is -2.47. The van der Waals surface area contributed by atoms with Gasteiger partial charge in [0.15, 0.2) is 5.76 Å². The number of likely N-dealkylation sites (tertiary alicyclic amines) is 1. The molecule has 3 aromatic rings. The highest BCUT2D eigenvalue weighted by Crippen LogP contribution is 2.28. The second-order valence-corrected chi connectivity index (χ2v) is 6.14. The van der Waals surface area contributed by atoms with Gasteiger partial charge in [0.2, 0.25) is 17.6 Å². The summed E-state index contributed by atoms with van der Waals surface area (Å²) < 4.78 is 10.5. The predicted molar refractivity (Wildman–Crippen MR) is 91.8 cm³/mol. The smallest absolute Gasteiger partial charge is 0.246 e. The summed E-state index contributed by atoms with van der Waals surface area (Å²) in [5.41, 5.74) is 0.814. The van der Waals surface area contributed by atoms with Crippen molar-refractivity contribution in [2.45, 2.75) is 5.92 Å². The van der Waals surface area contributed by atoms with Crippen molar-refractivity contribution in [3.63, 3.8) is 0 Å². The van der Waals surface area contributed by atoms with Gasteiger partial charge in [-0.3, -0.25) is 4.79 Å². The molecule has 3 heterocycles. The second-order valence-electron chi connectivity index (χ2n) is 5.73. The fourth-order valence-corrected chi connectivity index (χ4v) is 2.80. The number of aromatic nitrogens is 2. The van der Waals surface area contributed by atoms with Crippen LogP contribution < -0.4 is 0 Å². The number of carbonyl (C=O) groups excluding carboxylic acids is 1. The standard InChI is InChI=1S/C18H14ClN3O3/c19-14-5-2-1-4-12(14)7-8-16(23)22-10-13(11-22)18-20-17(21-25-18)15-6-3-9-24-15/h1-9,13H,10-11H2/b8-7+. The highest BCUT2D eigenvalue weighted by atomic mass is 35.5. The Hall–Kier alpha value is -2.86. The van der Waals surface area contributed by atoms with Gasteiger partial charge in [0.1, 0.15) is 0 Å². The molecule has 1 amide bonds. The molecule has 1 aromatic carbocycles. The zero-order valence-electron chi connectivity index (χ0n) is 13.1. The lowest BCUT2D eigenvalue weighted by atomic mass is 10.00. The molecule has 0 aliphatic carbocycles. The van der Waals surface area contributed by atoms with E-state index in [4.69, 9.17) is 20.5 Å². The molecule has 0 bridgehead atoms. The maximum absolute atomic E-state index is 12.2. The van der Waals surface area contributed by atoms with Gasteiger partial charge in [0.25, 0.3) is 0 Å². The molecule has 1 fully saturated rings. The number of halogens is 1. The van der Waals surface area contributed by atoms with Crippen LogP contribution in [0.25, 0.3) is 17.7 Å². The molecule has 1 saturated heterocycles.